The Labute approximate surface area is 267 Å². The molecule has 2 amide bonds. The number of nitrogens with zero attached hydrogens (tertiary/aromatic N) is 1. The summed E-state index contributed by atoms with van der Waals surface area (Å²) in [7, 11) is -3.94. The number of hydrogen-bond acceptors (Lipinski definition) is 6. The SMILES string of the molecule is Cc1ccc(S(=O)(=O)NC(=O)Cc2ccc(N=C3NC(=O)/C(=C\c4ccc(-c5ccccc5)cc4)S3)cc2)cc1.[H-].[Na+]. The number of thioether (sulfide) groups is 1. The van der Waals surface area contributed by atoms with E-state index in [9.17, 15) is 18.0 Å². The van der Waals surface area contributed by atoms with E-state index in [2.05, 4.69) is 27.2 Å². The van der Waals surface area contributed by atoms with Crippen molar-refractivity contribution in [2.75, 3.05) is 0 Å². The minimum Gasteiger partial charge on any atom is -1.00 e. The molecule has 0 bridgehead atoms. The molecule has 0 spiro atoms. The van der Waals surface area contributed by atoms with Gasteiger partial charge in [-0.25, -0.2) is 18.1 Å². The molecule has 41 heavy (non-hydrogen) atoms. The van der Waals surface area contributed by atoms with Gasteiger partial charge in [0.05, 0.1) is 21.9 Å². The molecule has 4 aromatic rings. The normalized spacial score (nSPS) is 14.9. The van der Waals surface area contributed by atoms with Crippen LogP contribution in [0.15, 0.2) is 118 Å². The summed E-state index contributed by atoms with van der Waals surface area (Å²) in [5.41, 5.74) is 5.28. The van der Waals surface area contributed by atoms with Crippen LogP contribution < -0.4 is 39.6 Å². The van der Waals surface area contributed by atoms with E-state index in [1.807, 2.05) is 55.5 Å². The third kappa shape index (κ3) is 8.06. The Hall–Kier alpha value is -3.47. The van der Waals surface area contributed by atoms with Crippen LogP contribution in [0.5, 0.6) is 0 Å². The van der Waals surface area contributed by atoms with Gasteiger partial charge in [0.25, 0.3) is 15.9 Å². The summed E-state index contributed by atoms with van der Waals surface area (Å²) in [5, 5.41) is 3.23. The minimum absolute atomic E-state index is 0. The Kier molecular flexibility index (Phi) is 10.0. The Morgan fingerprint density at radius 2 is 1.54 bits per heavy atom. The molecule has 0 unspecified atom stereocenters. The molecule has 10 heteroatoms. The average Bonchev–Trinajstić information content (AvgIpc) is 3.28. The number of amides is 2. The van der Waals surface area contributed by atoms with Crippen LogP contribution in [-0.4, -0.2) is 25.4 Å². The molecule has 4 aromatic carbocycles. The molecule has 1 heterocycles. The van der Waals surface area contributed by atoms with Crippen molar-refractivity contribution in [3.8, 4) is 11.1 Å². The van der Waals surface area contributed by atoms with Gasteiger partial charge in [-0.05, 0) is 71.3 Å². The van der Waals surface area contributed by atoms with Crippen molar-refractivity contribution in [1.29, 1.82) is 0 Å². The van der Waals surface area contributed by atoms with Crippen LogP contribution in [0.25, 0.3) is 17.2 Å². The van der Waals surface area contributed by atoms with E-state index in [1.54, 1.807) is 36.4 Å². The first-order chi connectivity index (χ1) is 19.2. The van der Waals surface area contributed by atoms with Crippen LogP contribution in [0.2, 0.25) is 0 Å². The smallest absolute Gasteiger partial charge is 1.00 e. The monoisotopic (exact) mass is 591 g/mol. The number of aliphatic imine (C=N–C) groups is 1. The largest absolute Gasteiger partial charge is 1.00 e. The molecule has 5 rings (SSSR count). The van der Waals surface area contributed by atoms with Crippen molar-refractivity contribution in [3.05, 3.63) is 125 Å². The average molecular weight is 592 g/mol. The van der Waals surface area contributed by atoms with E-state index in [1.165, 1.54) is 23.9 Å². The maximum atomic E-state index is 12.5. The summed E-state index contributed by atoms with van der Waals surface area (Å²) in [6.45, 7) is 1.85. The van der Waals surface area contributed by atoms with Gasteiger partial charge in [-0.3, -0.25) is 9.59 Å². The number of carbonyl (C=O) groups excluding carboxylic acids is 2. The van der Waals surface area contributed by atoms with E-state index < -0.39 is 15.9 Å². The fourth-order valence-electron chi connectivity index (χ4n) is 3.99. The van der Waals surface area contributed by atoms with Crippen LogP contribution >= 0.6 is 11.8 Å². The zero-order chi connectivity index (χ0) is 28.1. The fourth-order valence-corrected chi connectivity index (χ4v) is 5.81. The van der Waals surface area contributed by atoms with E-state index in [-0.39, 0.29) is 48.2 Å². The summed E-state index contributed by atoms with van der Waals surface area (Å²) < 4.78 is 27.0. The summed E-state index contributed by atoms with van der Waals surface area (Å²) in [6.07, 6.45) is 1.72. The van der Waals surface area contributed by atoms with Crippen LogP contribution in [-0.2, 0) is 26.0 Å². The van der Waals surface area contributed by atoms with E-state index in [0.717, 1.165) is 22.3 Å². The first kappa shape index (κ1) is 30.5. The third-order valence-corrected chi connectivity index (χ3v) is 8.38. The summed E-state index contributed by atoms with van der Waals surface area (Å²) >= 11 is 1.25. The van der Waals surface area contributed by atoms with Crippen LogP contribution in [0.3, 0.4) is 0 Å². The van der Waals surface area contributed by atoms with E-state index >= 15 is 0 Å². The molecule has 2 N–H and O–H groups in total. The van der Waals surface area contributed by atoms with E-state index in [4.69, 9.17) is 0 Å². The second kappa shape index (κ2) is 13.5. The fraction of sp³-hybridized carbons (Fsp3) is 0.0645. The van der Waals surface area contributed by atoms with Gasteiger partial charge in [-0.1, -0.05) is 84.4 Å². The Balaban J connectivity index is 0.00000242. The van der Waals surface area contributed by atoms with Gasteiger partial charge in [-0.15, -0.1) is 0 Å². The Morgan fingerprint density at radius 3 is 2.20 bits per heavy atom. The van der Waals surface area contributed by atoms with Crippen LogP contribution in [0.1, 0.15) is 18.1 Å². The molecule has 0 aromatic heterocycles. The number of aryl methyl sites for hydroxylation is 1. The standard InChI is InChI=1S/C31H25N3O4S2.Na.H/c1-21-7-17-27(18-8-21)40(37,38)34-29(35)20-23-11-15-26(16-12-23)32-31-33-30(36)28(39-31)19-22-9-13-25(14-10-22)24-5-3-2-4-6-24;;/h2-19H,20H2,1H3,(H,34,35)(H,32,33,36);;/q;+1;-1/b28-19+;;. The zero-order valence-electron chi connectivity index (χ0n) is 23.5. The third-order valence-electron chi connectivity index (χ3n) is 6.08. The van der Waals surface area contributed by atoms with Gasteiger partial charge in [0.1, 0.15) is 0 Å². The second-order valence-corrected chi connectivity index (χ2v) is 11.9. The van der Waals surface area contributed by atoms with Crippen molar-refractivity contribution < 1.29 is 49.0 Å². The topological polar surface area (TPSA) is 105 Å². The van der Waals surface area contributed by atoms with Crippen LogP contribution in [0, 0.1) is 6.92 Å². The molecule has 0 aliphatic carbocycles. The second-order valence-electron chi connectivity index (χ2n) is 9.15. The molecular weight excluding hydrogens is 565 g/mol. The van der Waals surface area contributed by atoms with Crippen LogP contribution in [0.4, 0.5) is 5.69 Å². The van der Waals surface area contributed by atoms with E-state index in [0.29, 0.717) is 21.3 Å². The summed E-state index contributed by atoms with van der Waals surface area (Å²) in [5.74, 6) is -0.858. The number of benzene rings is 4. The molecule has 1 aliphatic heterocycles. The van der Waals surface area contributed by atoms with Crippen molar-refractivity contribution in [3.63, 3.8) is 0 Å². The number of carbonyl (C=O) groups is 2. The molecule has 1 fully saturated rings. The number of amidine groups is 1. The summed E-state index contributed by atoms with van der Waals surface area (Å²) in [4.78, 5) is 29.9. The number of hydrogen-bond donors (Lipinski definition) is 2. The maximum absolute atomic E-state index is 12.5. The van der Waals surface area contributed by atoms with Gasteiger partial charge in [0, 0.05) is 0 Å². The molecule has 202 valence electrons. The minimum atomic E-state index is -3.94. The predicted molar refractivity (Wildman–Crippen MR) is 160 cm³/mol. The van der Waals surface area contributed by atoms with Gasteiger partial charge < -0.3 is 6.74 Å². The number of sulfonamides is 1. The Bertz CT molecular complexity index is 1730. The number of nitrogens with one attached hydrogen (secondary N) is 2. The molecular formula is C31H26N3NaO4S2. The molecule has 1 saturated heterocycles. The van der Waals surface area contributed by atoms with Crippen molar-refractivity contribution in [1.82, 2.24) is 10.0 Å². The van der Waals surface area contributed by atoms with Crippen molar-refractivity contribution in [2.45, 2.75) is 18.2 Å². The zero-order valence-corrected chi connectivity index (χ0v) is 26.1. The molecule has 7 nitrogen and oxygen atoms in total. The predicted octanol–water partition coefficient (Wildman–Crippen LogP) is 2.72. The summed E-state index contributed by atoms with van der Waals surface area (Å²) in [6, 6.07) is 31.1. The Morgan fingerprint density at radius 1 is 0.902 bits per heavy atom. The maximum Gasteiger partial charge on any atom is 1.00 e. The molecule has 0 saturated carbocycles. The molecule has 0 atom stereocenters. The first-order valence-electron chi connectivity index (χ1n) is 12.4. The van der Waals surface area contributed by atoms with Gasteiger partial charge in [0.2, 0.25) is 5.91 Å². The molecule has 1 aliphatic rings. The molecule has 0 radical (unpaired) electrons. The number of rotatable bonds is 7. The quantitative estimate of drug-likeness (QED) is 0.254. The van der Waals surface area contributed by atoms with Gasteiger partial charge in [0.15, 0.2) is 5.17 Å². The first-order valence-corrected chi connectivity index (χ1v) is 14.7. The van der Waals surface area contributed by atoms with Crippen molar-refractivity contribution >= 4 is 50.5 Å². The van der Waals surface area contributed by atoms with Gasteiger partial charge >= 0.3 is 29.6 Å². The van der Waals surface area contributed by atoms with Crippen molar-refractivity contribution in [2.24, 2.45) is 4.99 Å². The van der Waals surface area contributed by atoms with Gasteiger partial charge in [-0.2, -0.15) is 0 Å².